The van der Waals surface area contributed by atoms with Crippen LogP contribution in [0.5, 0.6) is 5.75 Å². The fraction of sp³-hybridized carbons (Fsp3) is 0.462. The largest absolute Gasteiger partial charge is 0.494 e. The molecule has 100 valence electrons. The average molecular weight is 256 g/mol. The van der Waals surface area contributed by atoms with Gasteiger partial charge in [0.15, 0.2) is 0 Å². The molecule has 1 rings (SSSR count). The van der Waals surface area contributed by atoms with Gasteiger partial charge in [-0.25, -0.2) is 9.18 Å². The van der Waals surface area contributed by atoms with E-state index in [0.717, 1.165) is 0 Å². The van der Waals surface area contributed by atoms with Gasteiger partial charge in [-0.05, 0) is 31.5 Å². The Morgan fingerprint density at radius 2 is 2.11 bits per heavy atom. The van der Waals surface area contributed by atoms with Crippen molar-refractivity contribution in [2.45, 2.75) is 26.1 Å². The first-order chi connectivity index (χ1) is 8.60. The standard InChI is InChI=1S/C13H17FO4/c1-3-17-10-7-5-6-9(8-10)12(15)11(14)13(16)18-4-2/h5-8,11-12,15H,3-4H2,1-2H3. The molecule has 0 radical (unpaired) electrons. The highest BCUT2D eigenvalue weighted by atomic mass is 19.1. The minimum absolute atomic E-state index is 0.0744. The van der Waals surface area contributed by atoms with Crippen LogP contribution in [0, 0.1) is 0 Å². The molecule has 0 aliphatic carbocycles. The van der Waals surface area contributed by atoms with Gasteiger partial charge in [0.1, 0.15) is 11.9 Å². The highest BCUT2D eigenvalue weighted by Gasteiger charge is 2.29. The maximum atomic E-state index is 13.6. The first kappa shape index (κ1) is 14.4. The van der Waals surface area contributed by atoms with Crippen LogP contribution in [0.4, 0.5) is 4.39 Å². The summed E-state index contributed by atoms with van der Waals surface area (Å²) in [6, 6.07) is 6.34. The van der Waals surface area contributed by atoms with Crippen molar-refractivity contribution in [2.24, 2.45) is 0 Å². The maximum Gasteiger partial charge on any atom is 0.343 e. The van der Waals surface area contributed by atoms with E-state index < -0.39 is 18.2 Å². The van der Waals surface area contributed by atoms with E-state index in [4.69, 9.17) is 4.74 Å². The van der Waals surface area contributed by atoms with E-state index in [9.17, 15) is 14.3 Å². The fourth-order valence-corrected chi connectivity index (χ4v) is 1.47. The predicted molar refractivity (Wildman–Crippen MR) is 64.1 cm³/mol. The molecule has 1 aromatic carbocycles. The zero-order valence-corrected chi connectivity index (χ0v) is 10.4. The molecule has 0 aliphatic rings. The van der Waals surface area contributed by atoms with Crippen molar-refractivity contribution < 1.29 is 23.8 Å². The first-order valence-electron chi connectivity index (χ1n) is 5.81. The molecule has 0 aromatic heterocycles. The molecule has 2 unspecified atom stereocenters. The van der Waals surface area contributed by atoms with E-state index in [1.807, 2.05) is 6.92 Å². The van der Waals surface area contributed by atoms with Crippen molar-refractivity contribution in [1.29, 1.82) is 0 Å². The van der Waals surface area contributed by atoms with Crippen LogP contribution >= 0.6 is 0 Å². The molecule has 5 heteroatoms. The van der Waals surface area contributed by atoms with Gasteiger partial charge >= 0.3 is 5.97 Å². The second-order valence-corrected chi connectivity index (χ2v) is 3.60. The number of carbonyl (C=O) groups is 1. The molecular formula is C13H17FO4. The molecule has 0 fully saturated rings. The molecule has 4 nitrogen and oxygen atoms in total. The summed E-state index contributed by atoms with van der Waals surface area (Å²) in [5, 5.41) is 9.75. The highest BCUT2D eigenvalue weighted by Crippen LogP contribution is 2.24. The molecule has 2 atom stereocenters. The Labute approximate surface area is 105 Å². The van der Waals surface area contributed by atoms with Crippen LogP contribution in [0.15, 0.2) is 24.3 Å². The van der Waals surface area contributed by atoms with E-state index in [1.54, 1.807) is 19.1 Å². The summed E-state index contributed by atoms with van der Waals surface area (Å²) >= 11 is 0. The van der Waals surface area contributed by atoms with Crippen LogP contribution < -0.4 is 4.74 Å². The monoisotopic (exact) mass is 256 g/mol. The van der Waals surface area contributed by atoms with Gasteiger partial charge in [0, 0.05) is 0 Å². The number of rotatable bonds is 6. The van der Waals surface area contributed by atoms with E-state index in [1.165, 1.54) is 12.1 Å². The zero-order chi connectivity index (χ0) is 13.5. The summed E-state index contributed by atoms with van der Waals surface area (Å²) in [6.07, 6.45) is -3.65. The molecule has 0 bridgehead atoms. The van der Waals surface area contributed by atoms with Gasteiger partial charge in [0.2, 0.25) is 6.17 Å². The molecular weight excluding hydrogens is 239 g/mol. The van der Waals surface area contributed by atoms with E-state index >= 15 is 0 Å². The molecule has 0 heterocycles. The van der Waals surface area contributed by atoms with Gasteiger partial charge in [0.25, 0.3) is 0 Å². The van der Waals surface area contributed by atoms with Gasteiger partial charge in [0.05, 0.1) is 13.2 Å². The number of hydrogen-bond acceptors (Lipinski definition) is 4. The lowest BCUT2D eigenvalue weighted by Crippen LogP contribution is -2.26. The Balaban J connectivity index is 2.79. The molecule has 1 aromatic rings. The SMILES string of the molecule is CCOC(=O)C(F)C(O)c1cccc(OCC)c1. The summed E-state index contributed by atoms with van der Waals surface area (Å²) in [5.74, 6) is -0.545. The number of alkyl halides is 1. The van der Waals surface area contributed by atoms with Crippen LogP contribution in [-0.2, 0) is 9.53 Å². The van der Waals surface area contributed by atoms with Crippen molar-refractivity contribution in [2.75, 3.05) is 13.2 Å². The summed E-state index contributed by atoms with van der Waals surface area (Å²) in [5.41, 5.74) is 0.279. The average Bonchev–Trinajstić information content (AvgIpc) is 2.38. The van der Waals surface area contributed by atoms with Crippen molar-refractivity contribution in [3.8, 4) is 5.75 Å². The van der Waals surface area contributed by atoms with Crippen LogP contribution in [0.25, 0.3) is 0 Å². The Morgan fingerprint density at radius 3 is 2.72 bits per heavy atom. The highest BCUT2D eigenvalue weighted by molar-refractivity contribution is 5.75. The van der Waals surface area contributed by atoms with Crippen molar-refractivity contribution >= 4 is 5.97 Å². The van der Waals surface area contributed by atoms with E-state index in [-0.39, 0.29) is 12.2 Å². The van der Waals surface area contributed by atoms with Gasteiger partial charge in [-0.15, -0.1) is 0 Å². The maximum absolute atomic E-state index is 13.6. The number of aliphatic hydroxyl groups excluding tert-OH is 1. The van der Waals surface area contributed by atoms with Gasteiger partial charge in [-0.1, -0.05) is 12.1 Å². The van der Waals surface area contributed by atoms with Crippen molar-refractivity contribution in [3.05, 3.63) is 29.8 Å². The van der Waals surface area contributed by atoms with Crippen LogP contribution in [0.1, 0.15) is 25.5 Å². The number of carbonyl (C=O) groups excluding carboxylic acids is 1. The van der Waals surface area contributed by atoms with Gasteiger partial charge < -0.3 is 14.6 Å². The second-order valence-electron chi connectivity index (χ2n) is 3.60. The Morgan fingerprint density at radius 1 is 1.39 bits per heavy atom. The molecule has 1 N–H and O–H groups in total. The number of hydrogen-bond donors (Lipinski definition) is 1. The van der Waals surface area contributed by atoms with Crippen LogP contribution in [-0.4, -0.2) is 30.5 Å². The third kappa shape index (κ3) is 3.70. The topological polar surface area (TPSA) is 55.8 Å². The third-order valence-corrected chi connectivity index (χ3v) is 2.30. The molecule has 0 saturated carbocycles. The number of ether oxygens (including phenoxy) is 2. The van der Waals surface area contributed by atoms with Gasteiger partial charge in [-0.3, -0.25) is 0 Å². The lowest BCUT2D eigenvalue weighted by atomic mass is 10.1. The van der Waals surface area contributed by atoms with Crippen molar-refractivity contribution in [1.82, 2.24) is 0 Å². The third-order valence-electron chi connectivity index (χ3n) is 2.30. The number of benzene rings is 1. The number of aliphatic hydroxyl groups is 1. The predicted octanol–water partition coefficient (Wildman–Crippen LogP) is 2.02. The summed E-state index contributed by atoms with van der Waals surface area (Å²) in [4.78, 5) is 11.2. The minimum atomic E-state index is -2.10. The quantitative estimate of drug-likeness (QED) is 0.791. The normalized spacial score (nSPS) is 13.8. The second kappa shape index (κ2) is 6.96. The van der Waals surface area contributed by atoms with Crippen LogP contribution in [0.2, 0.25) is 0 Å². The number of halogens is 1. The Bertz CT molecular complexity index is 394. The molecule has 0 aliphatic heterocycles. The zero-order valence-electron chi connectivity index (χ0n) is 10.4. The first-order valence-corrected chi connectivity index (χ1v) is 5.81. The van der Waals surface area contributed by atoms with Crippen molar-refractivity contribution in [3.63, 3.8) is 0 Å². The van der Waals surface area contributed by atoms with E-state index in [0.29, 0.717) is 12.4 Å². The van der Waals surface area contributed by atoms with Crippen LogP contribution in [0.3, 0.4) is 0 Å². The summed E-state index contributed by atoms with van der Waals surface area (Å²) in [7, 11) is 0. The molecule has 0 saturated heterocycles. The lowest BCUT2D eigenvalue weighted by molar-refractivity contribution is -0.153. The Hall–Kier alpha value is -1.62. The molecule has 0 amide bonds. The fourth-order valence-electron chi connectivity index (χ4n) is 1.47. The number of esters is 1. The Kier molecular flexibility index (Phi) is 5.58. The summed E-state index contributed by atoms with van der Waals surface area (Å²) < 4.78 is 23.4. The molecule has 0 spiro atoms. The molecule has 18 heavy (non-hydrogen) atoms. The van der Waals surface area contributed by atoms with Gasteiger partial charge in [-0.2, -0.15) is 0 Å². The summed E-state index contributed by atoms with van der Waals surface area (Å²) in [6.45, 7) is 3.94. The smallest absolute Gasteiger partial charge is 0.343 e. The minimum Gasteiger partial charge on any atom is -0.494 e. The van der Waals surface area contributed by atoms with E-state index in [2.05, 4.69) is 4.74 Å². The lowest BCUT2D eigenvalue weighted by Gasteiger charge is -2.15.